The van der Waals surface area contributed by atoms with Crippen LogP contribution in [0.3, 0.4) is 0 Å². The molecule has 4 aromatic rings. The van der Waals surface area contributed by atoms with Crippen molar-refractivity contribution >= 4 is 58.2 Å². The van der Waals surface area contributed by atoms with Crippen LogP contribution in [0.2, 0.25) is 5.02 Å². The topological polar surface area (TPSA) is 49.9 Å². The molecule has 2 aromatic carbocycles. The molecule has 0 aliphatic carbocycles. The lowest BCUT2D eigenvalue weighted by molar-refractivity contribution is 0.314. The summed E-state index contributed by atoms with van der Waals surface area (Å²) in [6.45, 7) is 2.75. The maximum atomic E-state index is 6.28. The number of fused-ring (bicyclic) bond motifs is 4. The van der Waals surface area contributed by atoms with Crippen molar-refractivity contribution in [2.24, 2.45) is 0 Å². The van der Waals surface area contributed by atoms with Gasteiger partial charge in [0.1, 0.15) is 11.3 Å². The van der Waals surface area contributed by atoms with E-state index in [9.17, 15) is 0 Å². The number of H-pyrrole nitrogens is 1. The molecule has 1 aliphatic rings. The summed E-state index contributed by atoms with van der Waals surface area (Å²) in [7, 11) is 0. The fraction of sp³-hybridized carbons (Fsp3) is 0.292. The van der Waals surface area contributed by atoms with Gasteiger partial charge in [-0.25, -0.2) is 0 Å². The summed E-state index contributed by atoms with van der Waals surface area (Å²) in [6.07, 6.45) is 5.88. The first-order valence-corrected chi connectivity index (χ1v) is 10.7. The molecule has 0 saturated carbocycles. The molecule has 2 aromatic heterocycles. The Hall–Kier alpha value is -1.98. The normalized spacial score (nSPS) is 13.2. The average molecular weight is 479 g/mol. The van der Waals surface area contributed by atoms with Gasteiger partial charge in [-0.05, 0) is 67.3 Å². The first-order chi connectivity index (χ1) is 14.3. The zero-order chi connectivity index (χ0) is 19.6. The second-order valence-electron chi connectivity index (χ2n) is 7.57. The van der Waals surface area contributed by atoms with E-state index in [4.69, 9.17) is 16.3 Å². The van der Waals surface area contributed by atoms with Crippen molar-refractivity contribution in [1.29, 1.82) is 0 Å². The van der Waals surface area contributed by atoms with Gasteiger partial charge in [0.2, 0.25) is 0 Å². The second-order valence-corrected chi connectivity index (χ2v) is 7.98. The molecule has 7 heteroatoms. The van der Waals surface area contributed by atoms with E-state index in [1.54, 1.807) is 6.20 Å². The molecule has 3 heterocycles. The molecule has 4 nitrogen and oxygen atoms in total. The van der Waals surface area contributed by atoms with E-state index in [1.165, 1.54) is 27.7 Å². The van der Waals surface area contributed by atoms with Crippen molar-refractivity contribution in [3.63, 3.8) is 0 Å². The van der Waals surface area contributed by atoms with Gasteiger partial charge in [-0.1, -0.05) is 23.7 Å². The van der Waals surface area contributed by atoms with Crippen LogP contribution in [0.25, 0.3) is 21.8 Å². The van der Waals surface area contributed by atoms with Crippen LogP contribution in [0, 0.1) is 0 Å². The number of halogens is 3. The van der Waals surface area contributed by atoms with Gasteiger partial charge in [0, 0.05) is 41.1 Å². The Morgan fingerprint density at radius 1 is 1.00 bits per heavy atom. The molecule has 164 valence electrons. The highest BCUT2D eigenvalue weighted by Crippen LogP contribution is 2.31. The molecule has 0 amide bonds. The molecule has 0 unspecified atom stereocenters. The van der Waals surface area contributed by atoms with Gasteiger partial charge in [-0.2, -0.15) is 0 Å². The van der Waals surface area contributed by atoms with Crippen LogP contribution in [0.15, 0.2) is 48.7 Å². The molecule has 0 bridgehead atoms. The largest absolute Gasteiger partial charge is 0.491 e. The van der Waals surface area contributed by atoms with Gasteiger partial charge in [-0.3, -0.25) is 4.98 Å². The van der Waals surface area contributed by atoms with E-state index in [0.717, 1.165) is 55.4 Å². The Morgan fingerprint density at radius 2 is 1.87 bits per heavy atom. The fourth-order valence-corrected chi connectivity index (χ4v) is 4.59. The lowest BCUT2D eigenvalue weighted by Gasteiger charge is -2.10. The number of rotatable bonds is 5. The number of benzene rings is 2. The first-order valence-electron chi connectivity index (χ1n) is 10.3. The summed E-state index contributed by atoms with van der Waals surface area (Å²) < 4.78 is 6.08. The third-order valence-electron chi connectivity index (χ3n) is 5.73. The Morgan fingerprint density at radius 3 is 2.77 bits per heavy atom. The second kappa shape index (κ2) is 10.6. The van der Waals surface area contributed by atoms with Gasteiger partial charge in [0.15, 0.2) is 0 Å². The minimum Gasteiger partial charge on any atom is -0.491 e. The summed E-state index contributed by atoms with van der Waals surface area (Å²) in [5, 5.41) is 6.55. The summed E-state index contributed by atoms with van der Waals surface area (Å²) in [6, 6.07) is 14.3. The van der Waals surface area contributed by atoms with E-state index in [1.807, 2.05) is 24.3 Å². The zero-order valence-corrected chi connectivity index (χ0v) is 19.5. The summed E-state index contributed by atoms with van der Waals surface area (Å²) in [4.78, 5) is 8.10. The molecular weight excluding hydrogens is 453 g/mol. The summed E-state index contributed by atoms with van der Waals surface area (Å²) in [5.74, 6) is 0.796. The van der Waals surface area contributed by atoms with E-state index in [0.29, 0.717) is 11.6 Å². The zero-order valence-electron chi connectivity index (χ0n) is 17.1. The smallest absolute Gasteiger partial charge is 0.145 e. The summed E-state index contributed by atoms with van der Waals surface area (Å²) in [5.41, 5.74) is 6.39. The number of aromatic nitrogens is 2. The molecule has 5 rings (SSSR count). The van der Waals surface area contributed by atoms with Crippen LogP contribution in [-0.4, -0.2) is 29.7 Å². The molecule has 0 radical (unpaired) electrons. The van der Waals surface area contributed by atoms with Gasteiger partial charge in [-0.15, -0.1) is 24.8 Å². The minimum atomic E-state index is 0. The molecular formula is C24H26Cl3N3O. The standard InChI is InChI=1S/C24H24ClN3O.2ClH/c25-19-8-9-22(24-17(19)6-2-12-27-24)29-15-3-5-16-4-1-7-21-23(16)18-10-13-26-14-11-20(18)28-21;;/h1-2,4,6-9,12,26,28H,3,5,10-11,13-15H2;2*1H. The molecule has 2 N–H and O–H groups in total. The van der Waals surface area contributed by atoms with Gasteiger partial charge >= 0.3 is 0 Å². The third-order valence-corrected chi connectivity index (χ3v) is 6.06. The van der Waals surface area contributed by atoms with Crippen molar-refractivity contribution in [3.05, 3.63) is 70.5 Å². The van der Waals surface area contributed by atoms with Gasteiger partial charge < -0.3 is 15.0 Å². The monoisotopic (exact) mass is 477 g/mol. The van der Waals surface area contributed by atoms with E-state index >= 15 is 0 Å². The summed E-state index contributed by atoms with van der Waals surface area (Å²) >= 11 is 6.28. The van der Waals surface area contributed by atoms with Crippen LogP contribution in [0.1, 0.15) is 23.2 Å². The van der Waals surface area contributed by atoms with Crippen molar-refractivity contribution < 1.29 is 4.74 Å². The minimum absolute atomic E-state index is 0. The quantitative estimate of drug-likeness (QED) is 0.350. The van der Waals surface area contributed by atoms with Crippen LogP contribution in [0.5, 0.6) is 5.75 Å². The Kier molecular flexibility index (Phi) is 8.06. The first kappa shape index (κ1) is 23.7. The van der Waals surface area contributed by atoms with E-state index in [2.05, 4.69) is 33.5 Å². The molecule has 0 fully saturated rings. The van der Waals surface area contributed by atoms with Crippen LogP contribution < -0.4 is 10.1 Å². The van der Waals surface area contributed by atoms with Crippen LogP contribution in [0.4, 0.5) is 0 Å². The predicted molar refractivity (Wildman–Crippen MR) is 134 cm³/mol. The number of pyridine rings is 1. The predicted octanol–water partition coefficient (Wildman–Crippen LogP) is 5.91. The average Bonchev–Trinajstić information content (AvgIpc) is 2.95. The van der Waals surface area contributed by atoms with Crippen molar-refractivity contribution in [1.82, 2.24) is 15.3 Å². The molecule has 0 spiro atoms. The number of hydrogen-bond acceptors (Lipinski definition) is 3. The fourth-order valence-electron chi connectivity index (χ4n) is 4.37. The third kappa shape index (κ3) is 4.78. The van der Waals surface area contributed by atoms with Crippen molar-refractivity contribution in [3.8, 4) is 5.75 Å². The molecule has 0 saturated heterocycles. The Labute approximate surface area is 199 Å². The maximum Gasteiger partial charge on any atom is 0.145 e. The number of ether oxygens (including phenoxy) is 1. The van der Waals surface area contributed by atoms with E-state index < -0.39 is 0 Å². The number of aryl methyl sites for hydroxylation is 1. The van der Waals surface area contributed by atoms with Gasteiger partial charge in [0.05, 0.1) is 11.6 Å². The number of nitrogens with one attached hydrogen (secondary N) is 2. The Balaban J connectivity index is 0.00000136. The highest BCUT2D eigenvalue weighted by atomic mass is 35.5. The van der Waals surface area contributed by atoms with Crippen LogP contribution >= 0.6 is 36.4 Å². The number of nitrogens with zero attached hydrogens (tertiary/aromatic N) is 1. The van der Waals surface area contributed by atoms with E-state index in [-0.39, 0.29) is 24.8 Å². The Bertz CT molecular complexity index is 1180. The molecule has 0 atom stereocenters. The molecule has 31 heavy (non-hydrogen) atoms. The number of aromatic amines is 1. The maximum absolute atomic E-state index is 6.28. The van der Waals surface area contributed by atoms with Crippen molar-refractivity contribution in [2.45, 2.75) is 25.7 Å². The lowest BCUT2D eigenvalue weighted by Crippen LogP contribution is -2.16. The van der Waals surface area contributed by atoms with Gasteiger partial charge in [0.25, 0.3) is 0 Å². The van der Waals surface area contributed by atoms with Crippen LogP contribution in [-0.2, 0) is 19.3 Å². The lowest BCUT2D eigenvalue weighted by atomic mass is 9.99. The highest BCUT2D eigenvalue weighted by Gasteiger charge is 2.16. The SMILES string of the molecule is Cl.Cl.Clc1ccc(OCCCc2cccc3[nH]c4c(c23)CCNCC4)c2ncccc12. The molecule has 1 aliphatic heterocycles. The number of hydrogen-bond donors (Lipinski definition) is 2. The highest BCUT2D eigenvalue weighted by molar-refractivity contribution is 6.35. The van der Waals surface area contributed by atoms with Crippen molar-refractivity contribution in [2.75, 3.05) is 19.7 Å².